The second kappa shape index (κ2) is 8.11. The Balaban J connectivity index is 1.45. The van der Waals surface area contributed by atoms with Crippen LogP contribution in [0.15, 0.2) is 83.2 Å². The molecule has 0 saturated carbocycles. The normalized spacial score (nSPS) is 11.2. The van der Waals surface area contributed by atoms with Gasteiger partial charge in [-0.25, -0.2) is 5.48 Å². The van der Waals surface area contributed by atoms with Crippen LogP contribution < -0.4 is 10.2 Å². The number of rotatable bonds is 5. The summed E-state index contributed by atoms with van der Waals surface area (Å²) < 4.78 is 6.85. The molecule has 0 aliphatic heterocycles. The van der Waals surface area contributed by atoms with Gasteiger partial charge in [-0.15, -0.1) is 11.3 Å². The van der Waals surface area contributed by atoms with Crippen molar-refractivity contribution < 1.29 is 10.0 Å². The predicted molar refractivity (Wildman–Crippen MR) is 129 cm³/mol. The average molecular weight is 446 g/mol. The van der Waals surface area contributed by atoms with E-state index in [9.17, 15) is 4.79 Å². The van der Waals surface area contributed by atoms with Crippen molar-refractivity contribution in [1.82, 2.24) is 10.0 Å². The Hall–Kier alpha value is -3.26. The number of aromatic nitrogens is 1. The molecule has 2 heterocycles. The van der Waals surface area contributed by atoms with E-state index in [2.05, 4.69) is 70.4 Å². The van der Waals surface area contributed by atoms with E-state index in [-0.39, 0.29) is 0 Å². The van der Waals surface area contributed by atoms with Gasteiger partial charge in [0.05, 0.1) is 0 Å². The maximum atomic E-state index is 11.5. The minimum atomic E-state index is -0.521. The van der Waals surface area contributed by atoms with Crippen LogP contribution in [0.25, 0.3) is 32.1 Å². The van der Waals surface area contributed by atoms with E-state index >= 15 is 0 Å². The number of anilines is 1. The van der Waals surface area contributed by atoms with Crippen LogP contribution in [0.5, 0.6) is 0 Å². The molecule has 5 rings (SSSR count). The predicted octanol–water partition coefficient (Wildman–Crippen LogP) is 6.30. The van der Waals surface area contributed by atoms with E-state index < -0.39 is 5.91 Å². The largest absolute Gasteiger partial charge is 0.350 e. The van der Waals surface area contributed by atoms with E-state index in [1.54, 1.807) is 28.9 Å². The standard InChI is InChI=1S/C24H19N3O2S2/c1-27-13-20(21-14-30-23-5-3-2-4-18(21)23)19-12-16(8-11-22(19)27)26-31-17-9-6-15(7-10-17)24(28)25-29/h2-14,26,29H,1H3,(H,25,28). The third-order valence-electron chi connectivity index (χ3n) is 5.27. The number of carbonyl (C=O) groups excluding carboxylic acids is 1. The van der Waals surface area contributed by atoms with Gasteiger partial charge in [0.2, 0.25) is 0 Å². The van der Waals surface area contributed by atoms with Gasteiger partial charge in [0.25, 0.3) is 5.91 Å². The van der Waals surface area contributed by atoms with Gasteiger partial charge in [-0.1, -0.05) is 18.2 Å². The first-order valence-corrected chi connectivity index (χ1v) is 11.4. The third-order valence-corrected chi connectivity index (χ3v) is 7.07. The van der Waals surface area contributed by atoms with E-state index in [0.29, 0.717) is 5.56 Å². The zero-order chi connectivity index (χ0) is 21.4. The van der Waals surface area contributed by atoms with Crippen LogP contribution in [0.4, 0.5) is 5.69 Å². The highest BCUT2D eigenvalue weighted by Gasteiger charge is 2.13. The number of amides is 1. The highest BCUT2D eigenvalue weighted by atomic mass is 32.2. The Morgan fingerprint density at radius 2 is 1.81 bits per heavy atom. The summed E-state index contributed by atoms with van der Waals surface area (Å²) in [6.45, 7) is 0. The van der Waals surface area contributed by atoms with Crippen LogP contribution in [0.3, 0.4) is 0 Å². The molecule has 0 atom stereocenters. The molecule has 0 saturated heterocycles. The summed E-state index contributed by atoms with van der Waals surface area (Å²) in [6, 6.07) is 21.9. The van der Waals surface area contributed by atoms with Crippen LogP contribution in [0, 0.1) is 0 Å². The summed E-state index contributed by atoms with van der Waals surface area (Å²) in [7, 11) is 2.08. The van der Waals surface area contributed by atoms with Crippen molar-refractivity contribution in [2.45, 2.75) is 4.90 Å². The molecule has 2 aromatic heterocycles. The Morgan fingerprint density at radius 1 is 1.00 bits per heavy atom. The van der Waals surface area contributed by atoms with Crippen molar-refractivity contribution in [2.75, 3.05) is 4.72 Å². The molecule has 0 aliphatic carbocycles. The average Bonchev–Trinajstić information content (AvgIpc) is 3.38. The SMILES string of the molecule is Cn1cc(-c2csc3ccccc23)c2cc(NSc3ccc(C(=O)NO)cc3)ccc21. The van der Waals surface area contributed by atoms with Gasteiger partial charge in [-0.05, 0) is 65.9 Å². The molecular formula is C24H19N3O2S2. The molecule has 154 valence electrons. The molecule has 0 unspecified atom stereocenters. The second-order valence-corrected chi connectivity index (χ2v) is 8.99. The van der Waals surface area contributed by atoms with Crippen LogP contribution in [0.2, 0.25) is 0 Å². The van der Waals surface area contributed by atoms with Gasteiger partial charge in [-0.2, -0.15) is 0 Å². The van der Waals surface area contributed by atoms with Gasteiger partial charge < -0.3 is 9.29 Å². The zero-order valence-corrected chi connectivity index (χ0v) is 18.3. The summed E-state index contributed by atoms with van der Waals surface area (Å²) in [4.78, 5) is 12.4. The van der Waals surface area contributed by atoms with Crippen molar-refractivity contribution in [2.24, 2.45) is 7.05 Å². The summed E-state index contributed by atoms with van der Waals surface area (Å²) in [5, 5.41) is 13.4. The summed E-state index contributed by atoms with van der Waals surface area (Å²) in [5.74, 6) is -0.521. The third kappa shape index (κ3) is 3.67. The minimum absolute atomic E-state index is 0.408. The van der Waals surface area contributed by atoms with Crippen molar-refractivity contribution in [1.29, 1.82) is 0 Å². The number of nitrogens with one attached hydrogen (secondary N) is 2. The molecular weight excluding hydrogens is 426 g/mol. The summed E-state index contributed by atoms with van der Waals surface area (Å²) in [6.07, 6.45) is 2.20. The number of carbonyl (C=O) groups is 1. The topological polar surface area (TPSA) is 66.3 Å². The number of nitrogens with zero attached hydrogens (tertiary/aromatic N) is 1. The number of aryl methyl sites for hydroxylation is 1. The first kappa shape index (κ1) is 19.7. The van der Waals surface area contributed by atoms with Crippen LogP contribution in [-0.2, 0) is 7.05 Å². The molecule has 5 nitrogen and oxygen atoms in total. The maximum absolute atomic E-state index is 11.5. The Morgan fingerprint density at radius 3 is 2.61 bits per heavy atom. The molecule has 31 heavy (non-hydrogen) atoms. The molecule has 3 aromatic carbocycles. The summed E-state index contributed by atoms with van der Waals surface area (Å²) in [5.41, 5.74) is 6.72. The van der Waals surface area contributed by atoms with Gasteiger partial charge >= 0.3 is 0 Å². The Kier molecular flexibility index (Phi) is 5.15. The van der Waals surface area contributed by atoms with Crippen LogP contribution in [0.1, 0.15) is 10.4 Å². The lowest BCUT2D eigenvalue weighted by atomic mass is 10.0. The molecule has 0 aliphatic rings. The number of hydroxylamine groups is 1. The van der Waals surface area contributed by atoms with Gasteiger partial charge in [0.1, 0.15) is 0 Å². The quantitative estimate of drug-likeness (QED) is 0.169. The monoisotopic (exact) mass is 445 g/mol. The maximum Gasteiger partial charge on any atom is 0.274 e. The minimum Gasteiger partial charge on any atom is -0.350 e. The van der Waals surface area contributed by atoms with E-state index in [0.717, 1.165) is 10.6 Å². The highest BCUT2D eigenvalue weighted by Crippen LogP contribution is 2.39. The first-order valence-electron chi connectivity index (χ1n) is 9.67. The van der Waals surface area contributed by atoms with Gasteiger partial charge in [0.15, 0.2) is 0 Å². The molecule has 5 aromatic rings. The number of thiophene rings is 1. The van der Waals surface area contributed by atoms with Gasteiger partial charge in [-0.3, -0.25) is 10.0 Å². The van der Waals surface area contributed by atoms with Crippen LogP contribution in [-0.4, -0.2) is 15.7 Å². The Labute approximate surface area is 187 Å². The van der Waals surface area contributed by atoms with Crippen LogP contribution >= 0.6 is 23.3 Å². The van der Waals surface area contributed by atoms with Crippen molar-refractivity contribution in [3.8, 4) is 11.1 Å². The number of benzene rings is 3. The summed E-state index contributed by atoms with van der Waals surface area (Å²) >= 11 is 3.24. The first-order chi connectivity index (χ1) is 15.1. The fraction of sp³-hybridized carbons (Fsp3) is 0.0417. The Bertz CT molecular complexity index is 1400. The highest BCUT2D eigenvalue weighted by molar-refractivity contribution is 8.00. The smallest absolute Gasteiger partial charge is 0.274 e. The fourth-order valence-corrected chi connectivity index (χ4v) is 5.31. The fourth-order valence-electron chi connectivity index (χ4n) is 3.71. The van der Waals surface area contributed by atoms with Crippen molar-refractivity contribution in [3.63, 3.8) is 0 Å². The number of hydrogen-bond acceptors (Lipinski definition) is 5. The number of fused-ring (bicyclic) bond motifs is 2. The van der Waals surface area contributed by atoms with Crippen molar-refractivity contribution >= 4 is 55.9 Å². The molecule has 0 bridgehead atoms. The van der Waals surface area contributed by atoms with Gasteiger partial charge in [0, 0.05) is 61.5 Å². The molecule has 1 amide bonds. The molecule has 0 fully saturated rings. The van der Waals surface area contributed by atoms with Crippen molar-refractivity contribution in [3.05, 3.63) is 83.9 Å². The second-order valence-electron chi connectivity index (χ2n) is 7.20. The van der Waals surface area contributed by atoms with E-state index in [1.807, 2.05) is 12.1 Å². The lowest BCUT2D eigenvalue weighted by molar-refractivity contribution is 0.0706. The molecule has 3 N–H and O–H groups in total. The van der Waals surface area contributed by atoms with E-state index in [4.69, 9.17) is 5.21 Å². The molecule has 0 spiro atoms. The van der Waals surface area contributed by atoms with E-state index in [1.165, 1.54) is 44.1 Å². The lowest BCUT2D eigenvalue weighted by Gasteiger charge is -2.07. The zero-order valence-electron chi connectivity index (χ0n) is 16.6. The molecule has 7 heteroatoms. The molecule has 0 radical (unpaired) electrons. The lowest BCUT2D eigenvalue weighted by Crippen LogP contribution is -2.18. The number of hydrogen-bond donors (Lipinski definition) is 3.